The number of sulfonamides is 1. The minimum absolute atomic E-state index is 0.00935. The van der Waals surface area contributed by atoms with E-state index in [1.165, 1.54) is 36.7 Å². The molecule has 10 heteroatoms. The first-order chi connectivity index (χ1) is 18.4. The maximum Gasteiger partial charge on any atom is 0.264 e. The van der Waals surface area contributed by atoms with E-state index in [0.29, 0.717) is 34.5 Å². The topological polar surface area (TPSA) is 123 Å². The molecule has 0 fully saturated rings. The van der Waals surface area contributed by atoms with Crippen LogP contribution in [0.4, 0.5) is 11.6 Å². The number of carbonyl (C=O) groups excluding carboxylic acids is 1. The van der Waals surface area contributed by atoms with Crippen molar-refractivity contribution in [1.29, 1.82) is 0 Å². The van der Waals surface area contributed by atoms with Gasteiger partial charge >= 0.3 is 0 Å². The van der Waals surface area contributed by atoms with E-state index in [-0.39, 0.29) is 16.8 Å². The van der Waals surface area contributed by atoms with Gasteiger partial charge in [-0.3, -0.25) is 4.79 Å². The lowest BCUT2D eigenvalue weighted by Gasteiger charge is -2.12. The van der Waals surface area contributed by atoms with Crippen LogP contribution in [-0.4, -0.2) is 35.9 Å². The summed E-state index contributed by atoms with van der Waals surface area (Å²) in [6.07, 6.45) is 2.88. The Kier molecular flexibility index (Phi) is 6.96. The standard InChI is InChI=1S/C28H23N5O4S/c1-2-37-21-12-8-19(9-13-21)26-18-24(23-6-3-4-7-25(23)32-26)27(34)31-20-10-14-22(15-11-20)38(35,36)33-28-29-16-5-17-30-28/h3-18H,2H2,1H3,(H,31,34)(H,29,30,33). The number of nitrogens with one attached hydrogen (secondary N) is 2. The van der Waals surface area contributed by atoms with E-state index in [1.54, 1.807) is 12.1 Å². The van der Waals surface area contributed by atoms with Gasteiger partial charge < -0.3 is 10.1 Å². The van der Waals surface area contributed by atoms with Crippen molar-refractivity contribution >= 4 is 38.5 Å². The van der Waals surface area contributed by atoms with Gasteiger partial charge in [0.15, 0.2) is 0 Å². The Morgan fingerprint density at radius 1 is 0.895 bits per heavy atom. The molecule has 3 aromatic carbocycles. The van der Waals surface area contributed by atoms with Gasteiger partial charge in [-0.05, 0) is 73.7 Å². The van der Waals surface area contributed by atoms with Crippen LogP contribution in [0.3, 0.4) is 0 Å². The summed E-state index contributed by atoms with van der Waals surface area (Å²) in [5.41, 5.74) is 3.05. The fourth-order valence-electron chi connectivity index (χ4n) is 3.85. The summed E-state index contributed by atoms with van der Waals surface area (Å²) in [4.78, 5) is 25.9. The molecule has 2 heterocycles. The van der Waals surface area contributed by atoms with Crippen LogP contribution in [0, 0.1) is 0 Å². The van der Waals surface area contributed by atoms with E-state index in [2.05, 4.69) is 20.0 Å². The summed E-state index contributed by atoms with van der Waals surface area (Å²) in [5.74, 6) is 0.381. The van der Waals surface area contributed by atoms with Gasteiger partial charge in [0.05, 0.1) is 28.3 Å². The molecule has 9 nitrogen and oxygen atoms in total. The first-order valence-electron chi connectivity index (χ1n) is 11.8. The van der Waals surface area contributed by atoms with E-state index in [9.17, 15) is 13.2 Å². The number of carbonyl (C=O) groups is 1. The smallest absolute Gasteiger partial charge is 0.264 e. The van der Waals surface area contributed by atoms with E-state index >= 15 is 0 Å². The van der Waals surface area contributed by atoms with Gasteiger partial charge in [-0.2, -0.15) is 0 Å². The number of pyridine rings is 1. The quantitative estimate of drug-likeness (QED) is 0.287. The molecule has 0 spiro atoms. The molecule has 0 saturated heterocycles. The predicted molar refractivity (Wildman–Crippen MR) is 146 cm³/mol. The summed E-state index contributed by atoms with van der Waals surface area (Å²) < 4.78 is 33.1. The third-order valence-corrected chi connectivity index (χ3v) is 6.98. The minimum atomic E-state index is -3.89. The van der Waals surface area contributed by atoms with E-state index < -0.39 is 10.0 Å². The lowest BCUT2D eigenvalue weighted by Crippen LogP contribution is -2.15. The zero-order valence-electron chi connectivity index (χ0n) is 20.3. The normalized spacial score (nSPS) is 11.2. The lowest BCUT2D eigenvalue weighted by atomic mass is 10.0. The molecule has 0 aliphatic heterocycles. The first-order valence-corrected chi connectivity index (χ1v) is 13.3. The molecule has 0 bridgehead atoms. The zero-order chi connectivity index (χ0) is 26.5. The number of fused-ring (bicyclic) bond motifs is 1. The Labute approximate surface area is 219 Å². The minimum Gasteiger partial charge on any atom is -0.494 e. The second-order valence-corrected chi connectivity index (χ2v) is 9.87. The number of para-hydroxylation sites is 1. The molecule has 5 rings (SSSR count). The van der Waals surface area contributed by atoms with Crippen LogP contribution in [0.15, 0.2) is 102 Å². The van der Waals surface area contributed by atoms with Crippen LogP contribution >= 0.6 is 0 Å². The molecule has 1 amide bonds. The molecule has 0 unspecified atom stereocenters. The van der Waals surface area contributed by atoms with E-state index in [4.69, 9.17) is 9.72 Å². The second-order valence-electron chi connectivity index (χ2n) is 8.19. The third kappa shape index (κ3) is 5.45. The Hall–Kier alpha value is -4.83. The number of aromatic nitrogens is 3. The van der Waals surface area contributed by atoms with Gasteiger partial charge in [0, 0.05) is 29.0 Å². The predicted octanol–water partition coefficient (Wildman–Crippen LogP) is 5.14. The summed E-state index contributed by atoms with van der Waals surface area (Å²) in [7, 11) is -3.89. The molecule has 5 aromatic rings. The average Bonchev–Trinajstić information content (AvgIpc) is 2.93. The Bertz CT molecular complexity index is 1690. The molecule has 2 aromatic heterocycles. The SMILES string of the molecule is CCOc1ccc(-c2cc(C(=O)Nc3ccc(S(=O)(=O)Nc4ncccn4)cc3)c3ccccc3n2)cc1. The number of hydrogen-bond acceptors (Lipinski definition) is 7. The van der Waals surface area contributed by atoms with Crippen LogP contribution in [0.25, 0.3) is 22.2 Å². The Morgan fingerprint density at radius 2 is 1.61 bits per heavy atom. The summed E-state index contributed by atoms with van der Waals surface area (Å²) >= 11 is 0. The van der Waals surface area contributed by atoms with Crippen molar-refractivity contribution in [3.63, 3.8) is 0 Å². The number of ether oxygens (including phenoxy) is 1. The maximum absolute atomic E-state index is 13.4. The molecule has 0 radical (unpaired) electrons. The Morgan fingerprint density at radius 3 is 2.32 bits per heavy atom. The largest absolute Gasteiger partial charge is 0.494 e. The number of amides is 1. The molecular weight excluding hydrogens is 502 g/mol. The molecule has 190 valence electrons. The average molecular weight is 526 g/mol. The molecule has 2 N–H and O–H groups in total. The zero-order valence-corrected chi connectivity index (χ0v) is 21.1. The van der Waals surface area contributed by atoms with Crippen molar-refractivity contribution in [1.82, 2.24) is 15.0 Å². The van der Waals surface area contributed by atoms with E-state index in [1.807, 2.05) is 55.5 Å². The van der Waals surface area contributed by atoms with Crippen molar-refractivity contribution in [3.05, 3.63) is 103 Å². The second kappa shape index (κ2) is 10.7. The summed E-state index contributed by atoms with van der Waals surface area (Å²) in [5, 5.41) is 3.56. The van der Waals surface area contributed by atoms with Crippen molar-refractivity contribution in [2.24, 2.45) is 0 Å². The number of nitrogens with zero attached hydrogens (tertiary/aromatic N) is 3. The summed E-state index contributed by atoms with van der Waals surface area (Å²) in [6, 6.07) is 24.1. The van der Waals surface area contributed by atoms with Crippen LogP contribution in [0.2, 0.25) is 0 Å². The highest BCUT2D eigenvalue weighted by molar-refractivity contribution is 7.92. The molecule has 0 atom stereocenters. The van der Waals surface area contributed by atoms with Gasteiger partial charge in [-0.1, -0.05) is 18.2 Å². The number of rotatable bonds is 8. The van der Waals surface area contributed by atoms with Crippen LogP contribution in [0.5, 0.6) is 5.75 Å². The maximum atomic E-state index is 13.4. The van der Waals surface area contributed by atoms with E-state index in [0.717, 1.165) is 11.3 Å². The van der Waals surface area contributed by atoms with Crippen molar-refractivity contribution in [2.45, 2.75) is 11.8 Å². The fourth-order valence-corrected chi connectivity index (χ4v) is 4.80. The van der Waals surface area contributed by atoms with Crippen LogP contribution in [-0.2, 0) is 10.0 Å². The number of benzene rings is 3. The molecule has 38 heavy (non-hydrogen) atoms. The van der Waals surface area contributed by atoms with Crippen molar-refractivity contribution < 1.29 is 17.9 Å². The van der Waals surface area contributed by atoms with Gasteiger partial charge in [0.2, 0.25) is 5.95 Å². The van der Waals surface area contributed by atoms with Gasteiger partial charge in [-0.25, -0.2) is 28.1 Å². The molecule has 0 aliphatic rings. The Balaban J connectivity index is 1.40. The van der Waals surface area contributed by atoms with Gasteiger partial charge in [-0.15, -0.1) is 0 Å². The lowest BCUT2D eigenvalue weighted by molar-refractivity contribution is 0.102. The van der Waals surface area contributed by atoms with Gasteiger partial charge in [0.25, 0.3) is 15.9 Å². The monoisotopic (exact) mass is 525 g/mol. The van der Waals surface area contributed by atoms with Crippen LogP contribution < -0.4 is 14.8 Å². The highest BCUT2D eigenvalue weighted by atomic mass is 32.2. The van der Waals surface area contributed by atoms with Crippen LogP contribution in [0.1, 0.15) is 17.3 Å². The molecule has 0 saturated carbocycles. The third-order valence-electron chi connectivity index (χ3n) is 5.64. The molecule has 0 aliphatic carbocycles. The number of hydrogen-bond donors (Lipinski definition) is 2. The van der Waals surface area contributed by atoms with Gasteiger partial charge in [0.1, 0.15) is 5.75 Å². The molecular formula is C28H23N5O4S. The highest BCUT2D eigenvalue weighted by Gasteiger charge is 2.17. The van der Waals surface area contributed by atoms with Crippen molar-refractivity contribution in [3.8, 4) is 17.0 Å². The number of anilines is 2. The summed E-state index contributed by atoms with van der Waals surface area (Å²) in [6.45, 7) is 2.50. The first kappa shape index (κ1) is 24.8. The highest BCUT2D eigenvalue weighted by Crippen LogP contribution is 2.27. The fraction of sp³-hybridized carbons (Fsp3) is 0.0714. The van der Waals surface area contributed by atoms with Crippen molar-refractivity contribution in [2.75, 3.05) is 16.6 Å².